The third-order valence-electron chi connectivity index (χ3n) is 4.42. The van der Waals surface area contributed by atoms with Gasteiger partial charge < -0.3 is 0 Å². The summed E-state index contributed by atoms with van der Waals surface area (Å²) in [6.07, 6.45) is 11.8. The van der Waals surface area contributed by atoms with Gasteiger partial charge in [-0.2, -0.15) is 11.8 Å². The predicted molar refractivity (Wildman–Crippen MR) is 54.4 cm³/mol. The highest BCUT2D eigenvalue weighted by molar-refractivity contribution is 8.00. The molecule has 12 heavy (non-hydrogen) atoms. The smallest absolute Gasteiger partial charge is 0.0165 e. The molecular formula is C11H18S. The van der Waals surface area contributed by atoms with E-state index in [4.69, 9.17) is 0 Å². The van der Waals surface area contributed by atoms with E-state index in [1.165, 1.54) is 0 Å². The van der Waals surface area contributed by atoms with Crippen molar-refractivity contribution >= 4 is 11.8 Å². The van der Waals surface area contributed by atoms with Crippen molar-refractivity contribution in [3.63, 3.8) is 0 Å². The van der Waals surface area contributed by atoms with Crippen LogP contribution in [0.5, 0.6) is 0 Å². The second kappa shape index (κ2) is 2.43. The first kappa shape index (κ1) is 7.73. The minimum absolute atomic E-state index is 0.759. The zero-order valence-electron chi connectivity index (χ0n) is 7.88. The van der Waals surface area contributed by atoms with Crippen LogP contribution in [0.1, 0.15) is 38.5 Å². The van der Waals surface area contributed by atoms with Gasteiger partial charge in [-0.05, 0) is 62.5 Å². The van der Waals surface area contributed by atoms with Gasteiger partial charge in [-0.15, -0.1) is 0 Å². The lowest BCUT2D eigenvalue weighted by Gasteiger charge is -2.56. The molecule has 0 unspecified atom stereocenters. The quantitative estimate of drug-likeness (QED) is 0.599. The van der Waals surface area contributed by atoms with Crippen LogP contribution in [0.4, 0.5) is 0 Å². The summed E-state index contributed by atoms with van der Waals surface area (Å²) in [5.74, 6) is 3.39. The third-order valence-corrected chi connectivity index (χ3v) is 5.78. The van der Waals surface area contributed by atoms with Gasteiger partial charge in [0, 0.05) is 4.75 Å². The van der Waals surface area contributed by atoms with Crippen molar-refractivity contribution in [1.29, 1.82) is 0 Å². The molecule has 4 bridgehead atoms. The van der Waals surface area contributed by atoms with Crippen LogP contribution in [0.3, 0.4) is 0 Å². The summed E-state index contributed by atoms with van der Waals surface area (Å²) in [6, 6.07) is 0. The van der Waals surface area contributed by atoms with Gasteiger partial charge in [0.2, 0.25) is 0 Å². The highest BCUT2D eigenvalue weighted by Gasteiger charge is 2.50. The average molecular weight is 182 g/mol. The molecule has 4 rings (SSSR count). The Hall–Kier alpha value is 0.350. The molecule has 0 nitrogen and oxygen atoms in total. The second-order valence-electron chi connectivity index (χ2n) is 5.30. The molecular weight excluding hydrogens is 164 g/mol. The van der Waals surface area contributed by atoms with E-state index >= 15 is 0 Å². The van der Waals surface area contributed by atoms with E-state index in [2.05, 4.69) is 18.0 Å². The zero-order valence-corrected chi connectivity index (χ0v) is 8.70. The standard InChI is InChI=1S/C11H18S/c1-12-11-5-8-2-9(6-11)4-10(3-8)7-11/h8-10H,2-7H2,1H3. The second-order valence-corrected chi connectivity index (χ2v) is 6.58. The summed E-state index contributed by atoms with van der Waals surface area (Å²) in [7, 11) is 0. The molecule has 1 heteroatoms. The molecule has 0 saturated heterocycles. The minimum atomic E-state index is 0.759. The first-order chi connectivity index (χ1) is 5.80. The van der Waals surface area contributed by atoms with Gasteiger partial charge >= 0.3 is 0 Å². The predicted octanol–water partition coefficient (Wildman–Crippen LogP) is 3.32. The van der Waals surface area contributed by atoms with Crippen LogP contribution in [0, 0.1) is 17.8 Å². The molecule has 4 aliphatic carbocycles. The van der Waals surface area contributed by atoms with Crippen LogP contribution in [0.2, 0.25) is 0 Å². The van der Waals surface area contributed by atoms with Crippen LogP contribution in [-0.2, 0) is 0 Å². The van der Waals surface area contributed by atoms with E-state index in [0.717, 1.165) is 22.5 Å². The summed E-state index contributed by atoms with van der Waals surface area (Å²) < 4.78 is 0.759. The zero-order chi connectivity index (χ0) is 8.18. The van der Waals surface area contributed by atoms with Crippen molar-refractivity contribution in [2.24, 2.45) is 17.8 Å². The van der Waals surface area contributed by atoms with Gasteiger partial charge in [0.05, 0.1) is 0 Å². The van der Waals surface area contributed by atoms with E-state index in [0.29, 0.717) is 0 Å². The minimum Gasteiger partial charge on any atom is -0.159 e. The summed E-state index contributed by atoms with van der Waals surface area (Å²) in [6.45, 7) is 0. The molecule has 0 atom stereocenters. The average Bonchev–Trinajstić information content (AvgIpc) is 2.02. The summed E-state index contributed by atoms with van der Waals surface area (Å²) in [5, 5.41) is 0. The molecule has 4 aliphatic rings. The van der Waals surface area contributed by atoms with Gasteiger partial charge in [0.15, 0.2) is 0 Å². The van der Waals surface area contributed by atoms with Crippen molar-refractivity contribution in [2.75, 3.05) is 6.26 Å². The summed E-state index contributed by atoms with van der Waals surface area (Å²) in [5.41, 5.74) is 0. The third kappa shape index (κ3) is 0.982. The maximum absolute atomic E-state index is 2.34. The fourth-order valence-electron chi connectivity index (χ4n) is 4.28. The van der Waals surface area contributed by atoms with E-state index in [-0.39, 0.29) is 0 Å². The van der Waals surface area contributed by atoms with E-state index in [1.807, 2.05) is 0 Å². The summed E-state index contributed by atoms with van der Waals surface area (Å²) >= 11 is 2.18. The SMILES string of the molecule is CSC12CC3CC(CC(C3)C1)C2. The van der Waals surface area contributed by atoms with E-state index in [1.54, 1.807) is 38.5 Å². The van der Waals surface area contributed by atoms with Crippen molar-refractivity contribution in [1.82, 2.24) is 0 Å². The number of hydrogen-bond donors (Lipinski definition) is 0. The van der Waals surface area contributed by atoms with Crippen LogP contribution < -0.4 is 0 Å². The first-order valence-corrected chi connectivity index (χ1v) is 6.57. The lowest BCUT2D eigenvalue weighted by Crippen LogP contribution is -2.48. The van der Waals surface area contributed by atoms with Crippen LogP contribution in [-0.4, -0.2) is 11.0 Å². The number of thioether (sulfide) groups is 1. The lowest BCUT2D eigenvalue weighted by atomic mass is 9.56. The van der Waals surface area contributed by atoms with Gasteiger partial charge in [0.25, 0.3) is 0 Å². The van der Waals surface area contributed by atoms with Crippen molar-refractivity contribution < 1.29 is 0 Å². The number of rotatable bonds is 1. The Kier molecular flexibility index (Phi) is 1.57. The molecule has 0 N–H and O–H groups in total. The molecule has 0 spiro atoms. The summed E-state index contributed by atoms with van der Waals surface area (Å²) in [4.78, 5) is 0. The molecule has 0 aromatic carbocycles. The molecule has 68 valence electrons. The Bertz CT molecular complexity index is 162. The highest BCUT2D eigenvalue weighted by Crippen LogP contribution is 2.59. The maximum Gasteiger partial charge on any atom is 0.0165 e. The molecule has 0 amide bonds. The Morgan fingerprint density at radius 1 is 0.917 bits per heavy atom. The molecule has 4 saturated carbocycles. The Morgan fingerprint density at radius 3 is 1.67 bits per heavy atom. The van der Waals surface area contributed by atoms with Crippen LogP contribution >= 0.6 is 11.8 Å². The highest BCUT2D eigenvalue weighted by atomic mass is 32.2. The lowest BCUT2D eigenvalue weighted by molar-refractivity contribution is 0.0385. The molecule has 0 aromatic heterocycles. The van der Waals surface area contributed by atoms with Crippen molar-refractivity contribution in [3.05, 3.63) is 0 Å². The topological polar surface area (TPSA) is 0 Å². The van der Waals surface area contributed by atoms with Gasteiger partial charge in [-0.3, -0.25) is 0 Å². The fourth-order valence-corrected chi connectivity index (χ4v) is 5.49. The van der Waals surface area contributed by atoms with Gasteiger partial charge in [0.1, 0.15) is 0 Å². The van der Waals surface area contributed by atoms with Crippen molar-refractivity contribution in [2.45, 2.75) is 43.3 Å². The molecule has 0 heterocycles. The van der Waals surface area contributed by atoms with Crippen LogP contribution in [0.25, 0.3) is 0 Å². The van der Waals surface area contributed by atoms with Gasteiger partial charge in [-0.25, -0.2) is 0 Å². The molecule has 0 radical (unpaired) electrons. The van der Waals surface area contributed by atoms with Crippen molar-refractivity contribution in [3.8, 4) is 0 Å². The largest absolute Gasteiger partial charge is 0.159 e. The van der Waals surface area contributed by atoms with E-state index < -0.39 is 0 Å². The normalized spacial score (nSPS) is 56.2. The molecule has 4 fully saturated rings. The Labute approximate surface area is 79.5 Å². The fraction of sp³-hybridized carbons (Fsp3) is 1.00. The Morgan fingerprint density at radius 2 is 1.33 bits per heavy atom. The molecule has 0 aromatic rings. The number of hydrogen-bond acceptors (Lipinski definition) is 1. The van der Waals surface area contributed by atoms with E-state index in [9.17, 15) is 0 Å². The van der Waals surface area contributed by atoms with Crippen LogP contribution in [0.15, 0.2) is 0 Å². The molecule has 0 aliphatic heterocycles. The monoisotopic (exact) mass is 182 g/mol. The maximum atomic E-state index is 2.34. The first-order valence-electron chi connectivity index (χ1n) is 5.35. The Balaban J connectivity index is 1.90. The van der Waals surface area contributed by atoms with Gasteiger partial charge in [-0.1, -0.05) is 0 Å².